The van der Waals surface area contributed by atoms with E-state index in [-0.39, 0.29) is 17.6 Å². The van der Waals surface area contributed by atoms with Crippen LogP contribution >= 0.6 is 11.6 Å². The summed E-state index contributed by atoms with van der Waals surface area (Å²) in [6, 6.07) is 6.75. The number of aliphatic hydroxyl groups is 1. The fourth-order valence-electron chi connectivity index (χ4n) is 1.94. The average molecular weight is 367 g/mol. The zero-order valence-electron chi connectivity index (χ0n) is 13.4. The third kappa shape index (κ3) is 6.18. The minimum absolute atomic E-state index is 0.0246. The third-order valence-corrected chi connectivity index (χ3v) is 3.36. The molecule has 134 valence electrons. The van der Waals surface area contributed by atoms with Gasteiger partial charge in [0.05, 0.1) is 5.56 Å². The summed E-state index contributed by atoms with van der Waals surface area (Å²) >= 11 is 5.80. The highest BCUT2D eigenvalue weighted by Crippen LogP contribution is 2.17. The maximum atomic E-state index is 11.3. The van der Waals surface area contributed by atoms with Gasteiger partial charge in [-0.3, -0.25) is 4.79 Å². The molecule has 0 aliphatic rings. The van der Waals surface area contributed by atoms with E-state index in [1.54, 1.807) is 24.3 Å². The molecule has 0 radical (unpaired) electrons. The summed E-state index contributed by atoms with van der Waals surface area (Å²) < 4.78 is 10.8. The summed E-state index contributed by atoms with van der Waals surface area (Å²) in [7, 11) is 0. The number of nitrogens with one attached hydrogen (secondary N) is 1. The second kappa shape index (κ2) is 9.77. The van der Waals surface area contributed by atoms with Crippen molar-refractivity contribution in [3.05, 3.63) is 47.4 Å². The maximum absolute atomic E-state index is 11.3. The zero-order valence-corrected chi connectivity index (χ0v) is 14.1. The number of hydrogen-bond donors (Lipinski definition) is 3. The molecule has 2 aromatic rings. The number of primary amides is 1. The van der Waals surface area contributed by atoms with E-state index in [1.807, 2.05) is 0 Å². The molecule has 0 fully saturated rings. The summed E-state index contributed by atoms with van der Waals surface area (Å²) in [4.78, 5) is 19.0. The summed E-state index contributed by atoms with van der Waals surface area (Å²) in [6.07, 6.45) is 2.15. The van der Waals surface area contributed by atoms with Crippen molar-refractivity contribution in [1.82, 2.24) is 15.3 Å². The second-order valence-corrected chi connectivity index (χ2v) is 5.39. The Balaban J connectivity index is 1.64. The number of halogens is 1. The Morgan fingerprint density at radius 2 is 2.04 bits per heavy atom. The van der Waals surface area contributed by atoms with Gasteiger partial charge in [0.1, 0.15) is 25.1 Å². The Morgan fingerprint density at radius 1 is 1.28 bits per heavy atom. The summed E-state index contributed by atoms with van der Waals surface area (Å²) in [5.74, 6) is 0.0615. The monoisotopic (exact) mass is 366 g/mol. The Kier molecular flexibility index (Phi) is 7.39. The van der Waals surface area contributed by atoms with Crippen LogP contribution in [0.25, 0.3) is 0 Å². The first-order chi connectivity index (χ1) is 12.1. The Hall–Kier alpha value is -2.42. The standard InChI is InChI=1S/C16H19ClN4O4/c17-14-16(21-6-5-20-14)25-10-11(22)9-19-7-8-24-13-4-2-1-3-12(13)15(18)23/h1-6,11,19,22H,7-10H2,(H2,18,23). The van der Waals surface area contributed by atoms with E-state index in [4.69, 9.17) is 26.8 Å². The van der Waals surface area contributed by atoms with Crippen LogP contribution in [0.4, 0.5) is 0 Å². The van der Waals surface area contributed by atoms with E-state index in [0.717, 1.165) is 0 Å². The normalized spacial score (nSPS) is 11.8. The number of aromatic nitrogens is 2. The van der Waals surface area contributed by atoms with Gasteiger partial charge in [0.2, 0.25) is 0 Å². The SMILES string of the molecule is NC(=O)c1ccccc1OCCNCC(O)COc1nccnc1Cl. The first-order valence-corrected chi connectivity index (χ1v) is 7.95. The lowest BCUT2D eigenvalue weighted by molar-refractivity contribution is 0.0995. The largest absolute Gasteiger partial charge is 0.491 e. The fourth-order valence-corrected chi connectivity index (χ4v) is 2.10. The smallest absolute Gasteiger partial charge is 0.252 e. The highest BCUT2D eigenvalue weighted by Gasteiger charge is 2.10. The average Bonchev–Trinajstić information content (AvgIpc) is 2.61. The number of benzene rings is 1. The zero-order chi connectivity index (χ0) is 18.1. The van der Waals surface area contributed by atoms with Crippen LogP contribution < -0.4 is 20.5 Å². The van der Waals surface area contributed by atoms with Gasteiger partial charge in [-0.25, -0.2) is 9.97 Å². The van der Waals surface area contributed by atoms with Crippen molar-refractivity contribution in [2.24, 2.45) is 5.73 Å². The predicted molar refractivity (Wildman–Crippen MR) is 91.9 cm³/mol. The molecule has 0 spiro atoms. The van der Waals surface area contributed by atoms with Crippen molar-refractivity contribution in [3.63, 3.8) is 0 Å². The van der Waals surface area contributed by atoms with E-state index in [2.05, 4.69) is 15.3 Å². The van der Waals surface area contributed by atoms with E-state index < -0.39 is 12.0 Å². The topological polar surface area (TPSA) is 120 Å². The molecule has 8 nitrogen and oxygen atoms in total. The number of carbonyl (C=O) groups excluding carboxylic acids is 1. The Morgan fingerprint density at radius 3 is 2.80 bits per heavy atom. The van der Waals surface area contributed by atoms with Gasteiger partial charge < -0.3 is 25.6 Å². The molecule has 0 saturated carbocycles. The van der Waals surface area contributed by atoms with Crippen LogP contribution in [0.1, 0.15) is 10.4 Å². The lowest BCUT2D eigenvalue weighted by atomic mass is 10.2. The minimum Gasteiger partial charge on any atom is -0.491 e. The molecule has 2 rings (SSSR count). The van der Waals surface area contributed by atoms with Crippen LogP contribution in [-0.4, -0.2) is 53.4 Å². The Bertz CT molecular complexity index is 701. The van der Waals surface area contributed by atoms with Crippen LogP contribution in [0.2, 0.25) is 5.15 Å². The number of nitrogens with two attached hydrogens (primary N) is 1. The molecule has 9 heteroatoms. The molecule has 1 amide bonds. The first-order valence-electron chi connectivity index (χ1n) is 7.57. The van der Waals surface area contributed by atoms with Gasteiger partial charge >= 0.3 is 0 Å². The number of ether oxygens (including phenoxy) is 2. The molecule has 0 aliphatic carbocycles. The molecule has 1 aromatic carbocycles. The summed E-state index contributed by atoms with van der Waals surface area (Å²) in [5, 5.41) is 13.0. The van der Waals surface area contributed by atoms with Crippen molar-refractivity contribution in [3.8, 4) is 11.6 Å². The first kappa shape index (κ1) is 18.9. The molecule has 1 heterocycles. The number of para-hydroxylation sites is 1. The van der Waals surface area contributed by atoms with E-state index in [0.29, 0.717) is 31.0 Å². The molecule has 1 atom stereocenters. The second-order valence-electron chi connectivity index (χ2n) is 5.03. The molecular weight excluding hydrogens is 348 g/mol. The lowest BCUT2D eigenvalue weighted by Gasteiger charge is -2.14. The number of rotatable bonds is 10. The van der Waals surface area contributed by atoms with E-state index >= 15 is 0 Å². The van der Waals surface area contributed by atoms with Crippen molar-refractivity contribution in [1.29, 1.82) is 0 Å². The van der Waals surface area contributed by atoms with Crippen LogP contribution in [-0.2, 0) is 0 Å². The van der Waals surface area contributed by atoms with Gasteiger partial charge in [-0.1, -0.05) is 23.7 Å². The predicted octanol–water partition coefficient (Wildman–Crippen LogP) is 0.637. The number of nitrogens with zero attached hydrogens (tertiary/aromatic N) is 2. The van der Waals surface area contributed by atoms with Crippen LogP contribution in [0, 0.1) is 0 Å². The molecular formula is C16H19ClN4O4. The van der Waals surface area contributed by atoms with Crippen molar-refractivity contribution >= 4 is 17.5 Å². The molecule has 1 aromatic heterocycles. The van der Waals surface area contributed by atoms with Crippen molar-refractivity contribution < 1.29 is 19.4 Å². The molecule has 25 heavy (non-hydrogen) atoms. The van der Waals surface area contributed by atoms with Gasteiger partial charge in [0.15, 0.2) is 5.15 Å². The summed E-state index contributed by atoms with van der Waals surface area (Å²) in [5.41, 5.74) is 5.61. The van der Waals surface area contributed by atoms with Gasteiger partial charge in [0.25, 0.3) is 11.8 Å². The van der Waals surface area contributed by atoms with Crippen LogP contribution in [0.15, 0.2) is 36.7 Å². The van der Waals surface area contributed by atoms with Crippen molar-refractivity contribution in [2.45, 2.75) is 6.10 Å². The molecule has 0 bridgehead atoms. The van der Waals surface area contributed by atoms with E-state index in [1.165, 1.54) is 12.4 Å². The molecule has 1 unspecified atom stereocenters. The Labute approximate surface area is 149 Å². The van der Waals surface area contributed by atoms with Gasteiger partial charge in [-0.05, 0) is 12.1 Å². The number of hydrogen-bond acceptors (Lipinski definition) is 7. The molecule has 4 N–H and O–H groups in total. The summed E-state index contributed by atoms with van der Waals surface area (Å²) in [6.45, 7) is 1.10. The van der Waals surface area contributed by atoms with Gasteiger partial charge in [0, 0.05) is 25.5 Å². The fraction of sp³-hybridized carbons (Fsp3) is 0.312. The number of aliphatic hydroxyl groups excluding tert-OH is 1. The highest BCUT2D eigenvalue weighted by atomic mass is 35.5. The van der Waals surface area contributed by atoms with Crippen LogP contribution in [0.3, 0.4) is 0 Å². The van der Waals surface area contributed by atoms with E-state index in [9.17, 15) is 9.90 Å². The molecule has 0 aliphatic heterocycles. The lowest BCUT2D eigenvalue weighted by Crippen LogP contribution is -2.33. The van der Waals surface area contributed by atoms with Crippen LogP contribution in [0.5, 0.6) is 11.6 Å². The highest BCUT2D eigenvalue weighted by molar-refractivity contribution is 6.30. The molecule has 0 saturated heterocycles. The van der Waals surface area contributed by atoms with Gasteiger partial charge in [-0.2, -0.15) is 0 Å². The van der Waals surface area contributed by atoms with Gasteiger partial charge in [-0.15, -0.1) is 0 Å². The van der Waals surface area contributed by atoms with Crippen molar-refractivity contribution in [2.75, 3.05) is 26.3 Å². The number of amides is 1. The number of carbonyl (C=O) groups is 1. The third-order valence-electron chi connectivity index (χ3n) is 3.10. The maximum Gasteiger partial charge on any atom is 0.252 e. The quantitative estimate of drug-likeness (QED) is 0.528. The minimum atomic E-state index is -0.754.